The van der Waals surface area contributed by atoms with Crippen LogP contribution in [0.4, 0.5) is 11.4 Å². The summed E-state index contributed by atoms with van der Waals surface area (Å²) in [6, 6.07) is 33.3. The Labute approximate surface area is 190 Å². The predicted molar refractivity (Wildman–Crippen MR) is 136 cm³/mol. The van der Waals surface area contributed by atoms with Gasteiger partial charge in [0, 0.05) is 22.7 Å². The summed E-state index contributed by atoms with van der Waals surface area (Å²) in [6.45, 7) is 2.13. The molecular weight excluding hydrogens is 386 g/mol. The van der Waals surface area contributed by atoms with Gasteiger partial charge in [0.2, 0.25) is 0 Å². The summed E-state index contributed by atoms with van der Waals surface area (Å²) in [6.07, 6.45) is 11.7. The van der Waals surface area contributed by atoms with Crippen LogP contribution in [-0.2, 0) is 0 Å². The number of allylic oxidation sites excluding steroid dienone is 2. The minimum Gasteiger partial charge on any atom is -0.331 e. The van der Waals surface area contributed by atoms with Gasteiger partial charge in [-0.15, -0.1) is 0 Å². The molecule has 1 saturated carbocycles. The quantitative estimate of drug-likeness (QED) is 0.305. The Bertz CT molecular complexity index is 1320. The van der Waals surface area contributed by atoms with Crippen molar-refractivity contribution in [2.24, 2.45) is 5.92 Å². The first-order valence-corrected chi connectivity index (χ1v) is 11.5. The Morgan fingerprint density at radius 3 is 2.28 bits per heavy atom. The van der Waals surface area contributed by atoms with E-state index in [0.717, 1.165) is 12.8 Å². The minimum absolute atomic E-state index is 0.0164. The van der Waals surface area contributed by atoms with E-state index >= 15 is 0 Å². The van der Waals surface area contributed by atoms with E-state index in [1.807, 2.05) is 0 Å². The van der Waals surface area contributed by atoms with Gasteiger partial charge in [0.05, 0.1) is 5.54 Å². The summed E-state index contributed by atoms with van der Waals surface area (Å²) in [7, 11) is 0. The summed E-state index contributed by atoms with van der Waals surface area (Å²) >= 11 is 0. The Morgan fingerprint density at radius 2 is 1.47 bits per heavy atom. The monoisotopic (exact) mass is 413 g/mol. The Balaban J connectivity index is 1.49. The van der Waals surface area contributed by atoms with Crippen LogP contribution in [0.3, 0.4) is 0 Å². The van der Waals surface area contributed by atoms with E-state index in [1.54, 1.807) is 0 Å². The molecule has 1 fully saturated rings. The smallest absolute Gasteiger partial charge is 0.0703 e. The van der Waals surface area contributed by atoms with Crippen LogP contribution in [0.5, 0.6) is 0 Å². The van der Waals surface area contributed by atoms with E-state index in [0.29, 0.717) is 5.92 Å². The second kappa shape index (κ2) is 7.53. The highest BCUT2D eigenvalue weighted by atomic mass is 15.2. The third-order valence-corrected chi connectivity index (χ3v) is 7.01. The average Bonchev–Trinajstić information content (AvgIpc) is 3.56. The van der Waals surface area contributed by atoms with E-state index < -0.39 is 0 Å². The van der Waals surface area contributed by atoms with Gasteiger partial charge in [0.15, 0.2) is 0 Å². The standard InChI is InChI=1S/C31H27N/c1-23-13-15-24(16-14-23)25-17-19-28(20-18-25)32(31-21-6-2-3-10-27(31)22-31)30-12-7-9-26-8-4-5-11-29(26)30/h3-21,27H,2,22H2,1H3. The molecule has 4 aromatic rings. The van der Waals surface area contributed by atoms with Gasteiger partial charge in [-0.05, 0) is 54.5 Å². The molecular formula is C31H27N. The molecule has 0 aliphatic heterocycles. The second-order valence-corrected chi connectivity index (χ2v) is 9.11. The molecule has 0 spiro atoms. The molecule has 156 valence electrons. The normalized spacial score (nSPS) is 21.2. The van der Waals surface area contributed by atoms with Crippen LogP contribution in [0.1, 0.15) is 18.4 Å². The zero-order valence-corrected chi connectivity index (χ0v) is 18.4. The lowest BCUT2D eigenvalue weighted by Gasteiger charge is -2.34. The van der Waals surface area contributed by atoms with Crippen molar-refractivity contribution in [3.63, 3.8) is 0 Å². The van der Waals surface area contributed by atoms with Gasteiger partial charge < -0.3 is 4.90 Å². The number of aryl methyl sites for hydroxylation is 1. The summed E-state index contributed by atoms with van der Waals surface area (Å²) in [4.78, 5) is 2.59. The largest absolute Gasteiger partial charge is 0.331 e. The first-order valence-electron chi connectivity index (χ1n) is 11.5. The van der Waals surface area contributed by atoms with E-state index in [1.165, 1.54) is 38.8 Å². The van der Waals surface area contributed by atoms with Crippen molar-refractivity contribution in [1.29, 1.82) is 0 Å². The number of benzene rings is 4. The zero-order valence-electron chi connectivity index (χ0n) is 18.4. The van der Waals surface area contributed by atoms with Crippen molar-refractivity contribution in [1.82, 2.24) is 0 Å². The van der Waals surface area contributed by atoms with Gasteiger partial charge in [0.25, 0.3) is 0 Å². The third-order valence-electron chi connectivity index (χ3n) is 7.01. The number of hydrogen-bond acceptors (Lipinski definition) is 1. The van der Waals surface area contributed by atoms with Crippen LogP contribution in [0.25, 0.3) is 21.9 Å². The van der Waals surface area contributed by atoms with Crippen LogP contribution in [-0.4, -0.2) is 5.54 Å². The number of fused-ring (bicyclic) bond motifs is 2. The van der Waals surface area contributed by atoms with Crippen molar-refractivity contribution in [2.45, 2.75) is 25.3 Å². The highest BCUT2D eigenvalue weighted by Gasteiger charge is 2.56. The highest BCUT2D eigenvalue weighted by Crippen LogP contribution is 2.56. The molecule has 0 amide bonds. The molecule has 1 heteroatoms. The lowest BCUT2D eigenvalue weighted by Crippen LogP contribution is -2.33. The Kier molecular flexibility index (Phi) is 4.50. The maximum Gasteiger partial charge on any atom is 0.0703 e. The Hall–Kier alpha value is -3.58. The third kappa shape index (κ3) is 3.17. The molecule has 1 nitrogen and oxygen atoms in total. The van der Waals surface area contributed by atoms with Crippen LogP contribution in [0, 0.1) is 12.8 Å². The van der Waals surface area contributed by atoms with E-state index in [-0.39, 0.29) is 5.54 Å². The Morgan fingerprint density at radius 1 is 0.750 bits per heavy atom. The molecule has 2 aliphatic carbocycles. The first kappa shape index (κ1) is 19.1. The van der Waals surface area contributed by atoms with Gasteiger partial charge in [-0.3, -0.25) is 0 Å². The van der Waals surface area contributed by atoms with Gasteiger partial charge in [-0.2, -0.15) is 0 Å². The van der Waals surface area contributed by atoms with E-state index in [2.05, 4.69) is 127 Å². The molecule has 0 N–H and O–H groups in total. The van der Waals surface area contributed by atoms with Crippen molar-refractivity contribution >= 4 is 22.1 Å². The van der Waals surface area contributed by atoms with Crippen LogP contribution < -0.4 is 4.90 Å². The van der Waals surface area contributed by atoms with Gasteiger partial charge >= 0.3 is 0 Å². The lowest BCUT2D eigenvalue weighted by atomic mass is 10.0. The van der Waals surface area contributed by atoms with Crippen LogP contribution in [0.2, 0.25) is 0 Å². The first-order chi connectivity index (χ1) is 15.7. The SMILES string of the molecule is Cc1ccc(-c2ccc(N(c3cccc4ccccc34)C34C=CCC=CC3C4)cc2)cc1. The number of nitrogens with zero attached hydrogens (tertiary/aromatic N) is 1. The van der Waals surface area contributed by atoms with Crippen LogP contribution in [0.15, 0.2) is 115 Å². The molecule has 0 bridgehead atoms. The fraction of sp³-hybridized carbons (Fsp3) is 0.161. The van der Waals surface area contributed by atoms with Crippen molar-refractivity contribution in [3.05, 3.63) is 121 Å². The molecule has 0 saturated heterocycles. The molecule has 4 aromatic carbocycles. The number of anilines is 2. The van der Waals surface area contributed by atoms with Crippen LogP contribution >= 0.6 is 0 Å². The van der Waals surface area contributed by atoms with Gasteiger partial charge in [-0.1, -0.05) is 103 Å². The maximum absolute atomic E-state index is 2.59. The average molecular weight is 414 g/mol. The van der Waals surface area contributed by atoms with E-state index in [9.17, 15) is 0 Å². The van der Waals surface area contributed by atoms with Crippen molar-refractivity contribution < 1.29 is 0 Å². The molecule has 0 heterocycles. The molecule has 0 aromatic heterocycles. The van der Waals surface area contributed by atoms with E-state index in [4.69, 9.17) is 0 Å². The summed E-state index contributed by atoms with van der Waals surface area (Å²) in [5.41, 5.74) is 6.36. The van der Waals surface area contributed by atoms with Gasteiger partial charge in [0.1, 0.15) is 0 Å². The number of hydrogen-bond donors (Lipinski definition) is 0. The lowest BCUT2D eigenvalue weighted by molar-refractivity contribution is 0.762. The molecule has 32 heavy (non-hydrogen) atoms. The molecule has 2 atom stereocenters. The second-order valence-electron chi connectivity index (χ2n) is 9.11. The maximum atomic E-state index is 2.59. The topological polar surface area (TPSA) is 3.24 Å². The zero-order chi connectivity index (χ0) is 21.5. The predicted octanol–water partition coefficient (Wildman–Crippen LogP) is 8.23. The molecule has 6 rings (SSSR count). The molecule has 0 radical (unpaired) electrons. The fourth-order valence-electron chi connectivity index (χ4n) is 5.20. The minimum atomic E-state index is 0.0164. The fourth-order valence-corrected chi connectivity index (χ4v) is 5.20. The summed E-state index contributed by atoms with van der Waals surface area (Å²) in [5.74, 6) is 0.553. The van der Waals surface area contributed by atoms with Crippen molar-refractivity contribution in [2.75, 3.05) is 4.90 Å². The summed E-state index contributed by atoms with van der Waals surface area (Å²) in [5, 5.41) is 2.59. The molecule has 2 unspecified atom stereocenters. The van der Waals surface area contributed by atoms with Gasteiger partial charge in [-0.25, -0.2) is 0 Å². The van der Waals surface area contributed by atoms with Crippen molar-refractivity contribution in [3.8, 4) is 11.1 Å². The summed E-state index contributed by atoms with van der Waals surface area (Å²) < 4.78 is 0. The number of rotatable bonds is 4. The molecule has 2 aliphatic rings. The highest BCUT2D eigenvalue weighted by molar-refractivity contribution is 5.97.